The molecule has 0 amide bonds. The quantitative estimate of drug-likeness (QED) is 0.0488. The Kier molecular flexibility index (Phi) is 24.2. The van der Waals surface area contributed by atoms with Crippen molar-refractivity contribution in [2.75, 3.05) is 0 Å². The van der Waals surface area contributed by atoms with E-state index in [1.54, 1.807) is 0 Å². The maximum Gasteiger partial charge on any atom is 0.121 e. The first-order chi connectivity index (χ1) is 28.6. The van der Waals surface area contributed by atoms with Gasteiger partial charge in [0.05, 0.1) is 38.1 Å². The summed E-state index contributed by atoms with van der Waals surface area (Å²) in [4.78, 5) is 0. The van der Waals surface area contributed by atoms with Crippen LogP contribution in [0.1, 0.15) is 207 Å². The minimum atomic E-state index is -0.0509. The largest absolute Gasteiger partial charge is 0.508 e. The fraction of sp³-hybridized carbons (Fsp3) is 0.556. The van der Waals surface area contributed by atoms with Crippen molar-refractivity contribution in [3.63, 3.8) is 0 Å². The van der Waals surface area contributed by atoms with Crippen molar-refractivity contribution in [2.45, 2.75) is 194 Å². The summed E-state index contributed by atoms with van der Waals surface area (Å²) in [6.07, 6.45) is 25.3. The Morgan fingerprint density at radius 1 is 0.362 bits per heavy atom. The second-order valence-electron chi connectivity index (χ2n) is 16.5. The molecular weight excluding hydrogens is 713 g/mol. The molecule has 1 N–H and O–H groups in total. The van der Waals surface area contributed by atoms with Gasteiger partial charge in [-0.3, -0.25) is 0 Å². The number of hydrogen-bond donors (Lipinski definition) is 1. The van der Waals surface area contributed by atoms with Crippen molar-refractivity contribution in [1.82, 2.24) is 0 Å². The topological polar surface area (TPSA) is 47.9 Å². The molecule has 0 saturated heterocycles. The van der Waals surface area contributed by atoms with E-state index >= 15 is 0 Å². The Morgan fingerprint density at radius 3 is 1.07 bits per heavy atom. The second kappa shape index (κ2) is 29.7. The fourth-order valence-electron chi connectivity index (χ4n) is 8.14. The van der Waals surface area contributed by atoms with Crippen molar-refractivity contribution in [1.29, 1.82) is 0 Å². The maximum atomic E-state index is 11.6. The Hall–Kier alpha value is -3.44. The molecule has 0 radical (unpaired) electrons. The molecule has 4 heteroatoms. The molecule has 0 heterocycles. The number of phenolic OH excluding ortho intramolecular Hbond substituents is 1. The molecular formula is C54H78O4. The molecule has 3 unspecified atom stereocenters. The standard InChI is InChI=1S/C54H78O4/c1-4-7-10-13-16-28-37-52(45-31-22-19-23-32-45)56-42-48-40-41-51(55)50(44-58-54(47-35-26-21-27-36-47)39-30-18-15-12-9-6-3)49(48)43-57-53(46-33-24-20-25-34-46)38-29-17-14-11-8-5-2/h19-27,31-36,40-41,52-55H,4-18,28-30,37-39,42-44H2,1-3H3. The number of phenols is 1. The van der Waals surface area contributed by atoms with Crippen LogP contribution in [-0.4, -0.2) is 5.11 Å². The predicted octanol–water partition coefficient (Wildman–Crippen LogP) is 16.4. The second-order valence-corrected chi connectivity index (χ2v) is 16.5. The third kappa shape index (κ3) is 17.8. The molecule has 0 bridgehead atoms. The third-order valence-electron chi connectivity index (χ3n) is 11.8. The van der Waals surface area contributed by atoms with Crippen molar-refractivity contribution in [2.24, 2.45) is 0 Å². The zero-order chi connectivity index (χ0) is 40.9. The average molecular weight is 791 g/mol. The molecule has 0 aliphatic heterocycles. The van der Waals surface area contributed by atoms with Gasteiger partial charge < -0.3 is 19.3 Å². The van der Waals surface area contributed by atoms with Gasteiger partial charge in [-0.05, 0) is 53.1 Å². The van der Waals surface area contributed by atoms with Gasteiger partial charge in [0.1, 0.15) is 5.75 Å². The highest BCUT2D eigenvalue weighted by Gasteiger charge is 2.22. The first-order valence-corrected chi connectivity index (χ1v) is 23.5. The normalized spacial score (nSPS) is 13.1. The number of hydrogen-bond acceptors (Lipinski definition) is 4. The molecule has 0 spiro atoms. The van der Waals surface area contributed by atoms with Crippen LogP contribution < -0.4 is 0 Å². The Balaban J connectivity index is 1.59. The summed E-state index contributed by atoms with van der Waals surface area (Å²) >= 11 is 0. The van der Waals surface area contributed by atoms with E-state index in [-0.39, 0.29) is 24.1 Å². The molecule has 0 aliphatic carbocycles. The van der Waals surface area contributed by atoms with Crippen molar-refractivity contribution in [3.8, 4) is 5.75 Å². The van der Waals surface area contributed by atoms with Crippen LogP contribution in [0.5, 0.6) is 5.75 Å². The first-order valence-electron chi connectivity index (χ1n) is 23.5. The summed E-state index contributed by atoms with van der Waals surface area (Å²) in [6, 6.07) is 35.9. The van der Waals surface area contributed by atoms with Gasteiger partial charge >= 0.3 is 0 Å². The number of benzene rings is 4. The van der Waals surface area contributed by atoms with Crippen LogP contribution in [0.25, 0.3) is 0 Å². The van der Waals surface area contributed by atoms with Gasteiger partial charge in [0.2, 0.25) is 0 Å². The van der Waals surface area contributed by atoms with Crippen LogP contribution in [-0.2, 0) is 34.0 Å². The maximum absolute atomic E-state index is 11.6. The molecule has 0 fully saturated rings. The molecule has 318 valence electrons. The van der Waals surface area contributed by atoms with E-state index in [4.69, 9.17) is 14.2 Å². The van der Waals surface area contributed by atoms with Crippen LogP contribution in [0.4, 0.5) is 0 Å². The lowest BCUT2D eigenvalue weighted by Gasteiger charge is -2.25. The van der Waals surface area contributed by atoms with E-state index in [9.17, 15) is 5.11 Å². The van der Waals surface area contributed by atoms with Gasteiger partial charge in [-0.15, -0.1) is 0 Å². The van der Waals surface area contributed by atoms with Crippen LogP contribution >= 0.6 is 0 Å². The van der Waals surface area contributed by atoms with E-state index in [0.29, 0.717) is 19.8 Å². The summed E-state index contributed by atoms with van der Waals surface area (Å²) in [6.45, 7) is 7.94. The van der Waals surface area contributed by atoms with E-state index in [0.717, 1.165) is 55.2 Å². The molecule has 4 aromatic rings. The highest BCUT2D eigenvalue weighted by atomic mass is 16.5. The Labute approximate surface area is 354 Å². The van der Waals surface area contributed by atoms with Crippen molar-refractivity contribution >= 4 is 0 Å². The van der Waals surface area contributed by atoms with Gasteiger partial charge in [-0.2, -0.15) is 0 Å². The monoisotopic (exact) mass is 791 g/mol. The number of aromatic hydroxyl groups is 1. The third-order valence-corrected chi connectivity index (χ3v) is 11.8. The summed E-state index contributed by atoms with van der Waals surface area (Å²) in [7, 11) is 0. The zero-order valence-corrected chi connectivity index (χ0v) is 36.7. The Bertz CT molecular complexity index is 1570. The van der Waals surface area contributed by atoms with Crippen LogP contribution in [0.3, 0.4) is 0 Å². The SMILES string of the molecule is CCCCCCCCC(OCc1ccc(O)c(COC(CCCCCCCC)c2ccccc2)c1COC(CCCCCCCC)c1ccccc1)c1ccccc1. The van der Waals surface area contributed by atoms with Crippen LogP contribution in [0, 0.1) is 0 Å². The molecule has 58 heavy (non-hydrogen) atoms. The zero-order valence-electron chi connectivity index (χ0n) is 36.7. The number of unbranched alkanes of at least 4 members (excludes halogenated alkanes) is 15. The highest BCUT2D eigenvalue weighted by molar-refractivity contribution is 5.44. The number of rotatable bonds is 33. The van der Waals surface area contributed by atoms with E-state index in [1.807, 2.05) is 12.1 Å². The molecule has 0 aliphatic rings. The lowest BCUT2D eigenvalue weighted by Crippen LogP contribution is -2.12. The molecule has 3 atom stereocenters. The minimum Gasteiger partial charge on any atom is -0.508 e. The predicted molar refractivity (Wildman–Crippen MR) is 244 cm³/mol. The summed E-state index contributed by atoms with van der Waals surface area (Å²) in [5.74, 6) is 0.257. The van der Waals surface area contributed by atoms with E-state index in [2.05, 4.69) is 112 Å². The smallest absolute Gasteiger partial charge is 0.121 e. The fourth-order valence-corrected chi connectivity index (χ4v) is 8.14. The number of ether oxygens (including phenoxy) is 3. The van der Waals surface area contributed by atoms with Gasteiger partial charge in [-0.25, -0.2) is 0 Å². The van der Waals surface area contributed by atoms with Crippen LogP contribution in [0.2, 0.25) is 0 Å². The molecule has 0 aromatic heterocycles. The molecule has 4 aromatic carbocycles. The first kappa shape index (κ1) is 47.2. The molecule has 4 rings (SSSR count). The lowest BCUT2D eigenvalue weighted by atomic mass is 9.98. The molecule has 0 saturated carbocycles. The van der Waals surface area contributed by atoms with E-state index < -0.39 is 0 Å². The van der Waals surface area contributed by atoms with Gasteiger partial charge in [-0.1, -0.05) is 233 Å². The van der Waals surface area contributed by atoms with Gasteiger partial charge in [0, 0.05) is 5.56 Å². The molecule has 4 nitrogen and oxygen atoms in total. The lowest BCUT2D eigenvalue weighted by molar-refractivity contribution is 0.0151. The van der Waals surface area contributed by atoms with Crippen molar-refractivity contribution < 1.29 is 19.3 Å². The van der Waals surface area contributed by atoms with Crippen LogP contribution in [0.15, 0.2) is 103 Å². The van der Waals surface area contributed by atoms with E-state index in [1.165, 1.54) is 113 Å². The average Bonchev–Trinajstić information content (AvgIpc) is 3.26. The summed E-state index contributed by atoms with van der Waals surface area (Å²) in [5.41, 5.74) is 6.47. The Morgan fingerprint density at radius 2 is 0.690 bits per heavy atom. The van der Waals surface area contributed by atoms with Crippen molar-refractivity contribution in [3.05, 3.63) is 137 Å². The summed E-state index contributed by atoms with van der Waals surface area (Å²) < 4.78 is 20.7. The summed E-state index contributed by atoms with van der Waals surface area (Å²) in [5, 5.41) is 11.6. The van der Waals surface area contributed by atoms with Gasteiger partial charge in [0.25, 0.3) is 0 Å². The van der Waals surface area contributed by atoms with Gasteiger partial charge in [0.15, 0.2) is 0 Å². The minimum absolute atomic E-state index is 0.000732. The highest BCUT2D eigenvalue weighted by Crippen LogP contribution is 2.35.